The largest absolute Gasteiger partial charge is 0.346 e. The molecule has 0 aliphatic carbocycles. The standard InChI is InChI=1S/C20H27N3O3/c1-6-13-23-16(17(24)21-20(3,4)5)15(14-11-9-8-10-12-14)22(7-2)18(25)19(23)26/h8-12H,6-7,13H2,1-5H3,(H,21,24). The summed E-state index contributed by atoms with van der Waals surface area (Å²) >= 11 is 0. The minimum atomic E-state index is -0.660. The first-order chi connectivity index (χ1) is 12.2. The zero-order chi connectivity index (χ0) is 19.5. The summed E-state index contributed by atoms with van der Waals surface area (Å²) in [6.45, 7) is 9.96. The molecule has 1 aromatic carbocycles. The average Bonchev–Trinajstić information content (AvgIpc) is 2.58. The van der Waals surface area contributed by atoms with E-state index in [4.69, 9.17) is 0 Å². The van der Waals surface area contributed by atoms with Crippen LogP contribution in [-0.2, 0) is 13.1 Å². The van der Waals surface area contributed by atoms with Gasteiger partial charge in [0, 0.05) is 24.2 Å². The molecule has 0 unspecified atom stereocenters. The summed E-state index contributed by atoms with van der Waals surface area (Å²) in [5.74, 6) is -0.357. The number of carbonyl (C=O) groups is 1. The molecule has 6 heteroatoms. The number of amides is 1. The van der Waals surface area contributed by atoms with Gasteiger partial charge in [-0.15, -0.1) is 0 Å². The first kappa shape index (κ1) is 19.7. The highest BCUT2D eigenvalue weighted by molar-refractivity contribution is 5.98. The van der Waals surface area contributed by atoms with Crippen LogP contribution in [0.2, 0.25) is 0 Å². The Morgan fingerprint density at radius 3 is 2.08 bits per heavy atom. The summed E-state index contributed by atoms with van der Waals surface area (Å²) in [6.07, 6.45) is 0.638. The highest BCUT2D eigenvalue weighted by Crippen LogP contribution is 2.22. The Bertz CT molecular complexity index is 903. The molecule has 0 saturated heterocycles. The van der Waals surface area contributed by atoms with E-state index in [1.54, 1.807) is 6.92 Å². The summed E-state index contributed by atoms with van der Waals surface area (Å²) in [5.41, 5.74) is -0.284. The zero-order valence-corrected chi connectivity index (χ0v) is 16.1. The van der Waals surface area contributed by atoms with Gasteiger partial charge in [0.15, 0.2) is 0 Å². The van der Waals surface area contributed by atoms with Gasteiger partial charge in [-0.1, -0.05) is 37.3 Å². The van der Waals surface area contributed by atoms with Crippen molar-refractivity contribution in [2.45, 2.75) is 59.7 Å². The highest BCUT2D eigenvalue weighted by atomic mass is 16.2. The maximum atomic E-state index is 13.1. The number of benzene rings is 1. The van der Waals surface area contributed by atoms with Gasteiger partial charge in [-0.3, -0.25) is 19.0 Å². The summed E-state index contributed by atoms with van der Waals surface area (Å²) < 4.78 is 2.71. The van der Waals surface area contributed by atoms with Crippen LogP contribution in [0, 0.1) is 0 Å². The normalized spacial score (nSPS) is 11.4. The van der Waals surface area contributed by atoms with Gasteiger partial charge in [-0.25, -0.2) is 0 Å². The van der Waals surface area contributed by atoms with Gasteiger partial charge in [0.05, 0.1) is 5.69 Å². The minimum Gasteiger partial charge on any atom is -0.346 e. The molecule has 2 aromatic rings. The molecule has 0 bridgehead atoms. The Morgan fingerprint density at radius 1 is 1.00 bits per heavy atom. The van der Waals surface area contributed by atoms with Gasteiger partial charge in [0.25, 0.3) is 5.91 Å². The molecule has 0 spiro atoms. The molecule has 1 heterocycles. The van der Waals surface area contributed by atoms with Crippen LogP contribution in [-0.4, -0.2) is 20.6 Å². The fraction of sp³-hybridized carbons (Fsp3) is 0.450. The molecule has 0 aliphatic heterocycles. The van der Waals surface area contributed by atoms with Gasteiger partial charge in [0.2, 0.25) is 0 Å². The van der Waals surface area contributed by atoms with Crippen molar-refractivity contribution in [1.82, 2.24) is 14.5 Å². The van der Waals surface area contributed by atoms with Gasteiger partial charge >= 0.3 is 11.1 Å². The second-order valence-electron chi connectivity index (χ2n) is 7.27. The quantitative estimate of drug-likeness (QED) is 0.836. The molecule has 0 radical (unpaired) electrons. The van der Waals surface area contributed by atoms with Crippen molar-refractivity contribution in [2.24, 2.45) is 0 Å². The molecule has 0 saturated carbocycles. The lowest BCUT2D eigenvalue weighted by atomic mass is 10.1. The van der Waals surface area contributed by atoms with Crippen molar-refractivity contribution in [3.05, 3.63) is 56.7 Å². The number of nitrogens with zero attached hydrogens (tertiary/aromatic N) is 2. The van der Waals surface area contributed by atoms with Crippen LogP contribution in [0.4, 0.5) is 0 Å². The predicted octanol–water partition coefficient (Wildman–Crippen LogP) is 2.64. The average molecular weight is 357 g/mol. The topological polar surface area (TPSA) is 73.1 Å². The van der Waals surface area contributed by atoms with Crippen molar-refractivity contribution in [3.8, 4) is 11.3 Å². The molecule has 1 aromatic heterocycles. The van der Waals surface area contributed by atoms with Crippen LogP contribution in [0.3, 0.4) is 0 Å². The molecule has 140 valence electrons. The van der Waals surface area contributed by atoms with Crippen molar-refractivity contribution in [1.29, 1.82) is 0 Å². The third-order valence-corrected chi connectivity index (χ3v) is 3.95. The van der Waals surface area contributed by atoms with E-state index in [9.17, 15) is 14.4 Å². The second kappa shape index (κ2) is 7.72. The van der Waals surface area contributed by atoms with E-state index in [-0.39, 0.29) is 11.6 Å². The van der Waals surface area contributed by atoms with Crippen LogP contribution >= 0.6 is 0 Å². The molecule has 6 nitrogen and oxygen atoms in total. The van der Waals surface area contributed by atoms with Crippen molar-refractivity contribution in [3.63, 3.8) is 0 Å². The Morgan fingerprint density at radius 2 is 1.58 bits per heavy atom. The number of rotatable bonds is 5. The first-order valence-electron chi connectivity index (χ1n) is 8.96. The van der Waals surface area contributed by atoms with Gasteiger partial charge < -0.3 is 9.88 Å². The molecule has 0 aliphatic rings. The summed E-state index contributed by atoms with van der Waals surface area (Å²) in [6, 6.07) is 9.25. The van der Waals surface area contributed by atoms with Gasteiger partial charge in [-0.05, 0) is 34.1 Å². The molecular formula is C20H27N3O3. The molecular weight excluding hydrogens is 330 g/mol. The third-order valence-electron chi connectivity index (χ3n) is 3.95. The molecule has 0 fully saturated rings. The first-order valence-corrected chi connectivity index (χ1v) is 8.96. The SMILES string of the molecule is CCCn1c(C(=O)NC(C)(C)C)c(-c2ccccc2)n(CC)c(=O)c1=O. The fourth-order valence-corrected chi connectivity index (χ4v) is 2.95. The Balaban J connectivity index is 2.92. The Kier molecular flexibility index (Phi) is 5.85. The monoisotopic (exact) mass is 357 g/mol. The number of carbonyl (C=O) groups excluding carboxylic acids is 1. The van der Waals surface area contributed by atoms with Gasteiger partial charge in [0.1, 0.15) is 5.69 Å². The maximum Gasteiger partial charge on any atom is 0.317 e. The fourth-order valence-electron chi connectivity index (χ4n) is 2.95. The van der Waals surface area contributed by atoms with Crippen LogP contribution in [0.5, 0.6) is 0 Å². The van der Waals surface area contributed by atoms with E-state index in [1.807, 2.05) is 58.0 Å². The van der Waals surface area contributed by atoms with Gasteiger partial charge in [-0.2, -0.15) is 0 Å². The van der Waals surface area contributed by atoms with Crippen molar-refractivity contribution < 1.29 is 4.79 Å². The minimum absolute atomic E-state index is 0.236. The van der Waals surface area contributed by atoms with E-state index < -0.39 is 16.7 Å². The smallest absolute Gasteiger partial charge is 0.317 e. The van der Waals surface area contributed by atoms with Crippen LogP contribution in [0.1, 0.15) is 51.5 Å². The Labute approximate surface area is 153 Å². The maximum absolute atomic E-state index is 13.1. The summed E-state index contributed by atoms with van der Waals surface area (Å²) in [5, 5.41) is 2.93. The van der Waals surface area contributed by atoms with Crippen molar-refractivity contribution in [2.75, 3.05) is 0 Å². The summed E-state index contributed by atoms with van der Waals surface area (Å²) in [4.78, 5) is 38.4. The lowest BCUT2D eigenvalue weighted by Crippen LogP contribution is -2.48. The number of nitrogens with one attached hydrogen (secondary N) is 1. The van der Waals surface area contributed by atoms with Crippen LogP contribution in [0.15, 0.2) is 39.9 Å². The van der Waals surface area contributed by atoms with E-state index in [2.05, 4.69) is 5.32 Å². The van der Waals surface area contributed by atoms with E-state index in [0.29, 0.717) is 25.2 Å². The van der Waals surface area contributed by atoms with Crippen LogP contribution < -0.4 is 16.4 Å². The van der Waals surface area contributed by atoms with E-state index in [1.165, 1.54) is 9.13 Å². The van der Waals surface area contributed by atoms with E-state index in [0.717, 1.165) is 5.56 Å². The second-order valence-corrected chi connectivity index (χ2v) is 7.27. The van der Waals surface area contributed by atoms with Crippen LogP contribution in [0.25, 0.3) is 11.3 Å². The predicted molar refractivity (Wildman–Crippen MR) is 104 cm³/mol. The number of hydrogen-bond donors (Lipinski definition) is 1. The Hall–Kier alpha value is -2.63. The summed E-state index contributed by atoms with van der Waals surface area (Å²) in [7, 11) is 0. The third kappa shape index (κ3) is 3.95. The molecule has 2 rings (SSSR count). The zero-order valence-electron chi connectivity index (χ0n) is 16.1. The molecule has 1 N–H and O–H groups in total. The van der Waals surface area contributed by atoms with E-state index >= 15 is 0 Å². The highest BCUT2D eigenvalue weighted by Gasteiger charge is 2.26. The van der Waals surface area contributed by atoms with Crippen molar-refractivity contribution >= 4 is 5.91 Å². The number of hydrogen-bond acceptors (Lipinski definition) is 3. The lowest BCUT2D eigenvalue weighted by Gasteiger charge is -2.25. The molecule has 1 amide bonds. The molecule has 0 atom stereocenters. The lowest BCUT2D eigenvalue weighted by molar-refractivity contribution is 0.0908. The molecule has 26 heavy (non-hydrogen) atoms. The number of aromatic nitrogens is 2.